The van der Waals surface area contributed by atoms with Gasteiger partial charge in [0.05, 0.1) is 15.6 Å². The van der Waals surface area contributed by atoms with Crippen LogP contribution in [0.5, 0.6) is 0 Å². The first-order chi connectivity index (χ1) is 15.0. The third-order valence-electron chi connectivity index (χ3n) is 5.78. The molecule has 0 saturated carbocycles. The summed E-state index contributed by atoms with van der Waals surface area (Å²) >= 11 is 1.61. The lowest BCUT2D eigenvalue weighted by atomic mass is 9.97. The number of fused-ring (bicyclic) bond motifs is 1. The quantitative estimate of drug-likeness (QED) is 0.485. The lowest BCUT2D eigenvalue weighted by Gasteiger charge is -2.32. The van der Waals surface area contributed by atoms with Crippen molar-refractivity contribution in [3.63, 3.8) is 0 Å². The summed E-state index contributed by atoms with van der Waals surface area (Å²) in [6.45, 7) is 8.30. The average molecular weight is 437 g/mol. The number of anilines is 1. The maximum absolute atomic E-state index is 12.4. The Morgan fingerprint density at radius 1 is 1.03 bits per heavy atom. The smallest absolute Gasteiger partial charge is 0.266 e. The van der Waals surface area contributed by atoms with Crippen molar-refractivity contribution in [2.24, 2.45) is 5.92 Å². The third-order valence-corrected chi connectivity index (χ3v) is 6.87. The van der Waals surface area contributed by atoms with Gasteiger partial charge in [0, 0.05) is 25.7 Å². The summed E-state index contributed by atoms with van der Waals surface area (Å²) in [6, 6.07) is 7.37. The molecular formula is C21H24N8OS. The van der Waals surface area contributed by atoms with Gasteiger partial charge in [0.2, 0.25) is 0 Å². The van der Waals surface area contributed by atoms with Crippen LogP contribution in [0, 0.1) is 26.7 Å². The van der Waals surface area contributed by atoms with Gasteiger partial charge in [-0.1, -0.05) is 0 Å². The van der Waals surface area contributed by atoms with Crippen LogP contribution in [-0.4, -0.2) is 47.7 Å². The second-order valence-electron chi connectivity index (χ2n) is 8.03. The number of nitrogens with zero attached hydrogens (tertiary/aromatic N) is 8. The summed E-state index contributed by atoms with van der Waals surface area (Å²) in [5.74, 6) is 2.12. The molecular weight excluding hydrogens is 412 g/mol. The van der Waals surface area contributed by atoms with Crippen molar-refractivity contribution in [2.75, 3.05) is 18.0 Å². The van der Waals surface area contributed by atoms with Crippen LogP contribution in [0.3, 0.4) is 0 Å². The zero-order valence-electron chi connectivity index (χ0n) is 17.8. The highest BCUT2D eigenvalue weighted by atomic mass is 32.1. The molecule has 0 aromatic carbocycles. The van der Waals surface area contributed by atoms with E-state index in [-0.39, 0.29) is 5.56 Å². The molecule has 0 aliphatic carbocycles. The van der Waals surface area contributed by atoms with Gasteiger partial charge in [0.15, 0.2) is 11.5 Å². The number of aromatic nitrogens is 7. The zero-order valence-corrected chi connectivity index (χ0v) is 18.6. The third kappa shape index (κ3) is 3.83. The van der Waals surface area contributed by atoms with Gasteiger partial charge in [-0.3, -0.25) is 4.79 Å². The molecule has 0 atom stereocenters. The minimum absolute atomic E-state index is 0.0553. The minimum atomic E-state index is -0.0553. The number of thiazole rings is 1. The highest BCUT2D eigenvalue weighted by molar-refractivity contribution is 7.15. The molecule has 10 heteroatoms. The summed E-state index contributed by atoms with van der Waals surface area (Å²) in [6.07, 6.45) is 1.97. The second-order valence-corrected chi connectivity index (χ2v) is 9.23. The minimum Gasteiger partial charge on any atom is -0.355 e. The molecule has 1 fully saturated rings. The largest absolute Gasteiger partial charge is 0.355 e. The Morgan fingerprint density at radius 3 is 2.58 bits per heavy atom. The monoisotopic (exact) mass is 436 g/mol. The van der Waals surface area contributed by atoms with E-state index in [9.17, 15) is 4.79 Å². The Hall–Kier alpha value is -3.14. The lowest BCUT2D eigenvalue weighted by molar-refractivity contribution is 0.334. The Balaban J connectivity index is 1.29. The van der Waals surface area contributed by atoms with Crippen LogP contribution < -0.4 is 10.5 Å². The maximum atomic E-state index is 12.4. The van der Waals surface area contributed by atoms with Gasteiger partial charge in [0.25, 0.3) is 5.56 Å². The Labute approximate surface area is 183 Å². The molecule has 0 unspecified atom stereocenters. The molecule has 0 radical (unpaired) electrons. The van der Waals surface area contributed by atoms with E-state index in [1.807, 2.05) is 32.9 Å². The molecule has 5 heterocycles. The molecule has 0 N–H and O–H groups in total. The summed E-state index contributed by atoms with van der Waals surface area (Å²) in [4.78, 5) is 20.2. The average Bonchev–Trinajstić information content (AvgIpc) is 3.31. The van der Waals surface area contributed by atoms with Crippen LogP contribution in [0.1, 0.15) is 29.4 Å². The van der Waals surface area contributed by atoms with Crippen molar-refractivity contribution < 1.29 is 0 Å². The number of piperidine rings is 1. The normalized spacial score (nSPS) is 15.1. The number of hydrogen-bond acceptors (Lipinski definition) is 8. The number of hydrogen-bond donors (Lipinski definition) is 0. The van der Waals surface area contributed by atoms with E-state index < -0.39 is 0 Å². The van der Waals surface area contributed by atoms with Gasteiger partial charge in [-0.25, -0.2) is 9.67 Å². The standard InChI is InChI=1S/C21H24N8OS/c1-13-21(31-15(3)22-13)17-4-7-20(30)28(25-17)12-16-8-10-27(11-9-16)19-6-5-18-24-23-14(2)29(18)26-19/h4-7,16H,8-12H2,1-3H3. The molecule has 31 heavy (non-hydrogen) atoms. The van der Waals surface area contributed by atoms with Gasteiger partial charge in [0.1, 0.15) is 11.5 Å². The summed E-state index contributed by atoms with van der Waals surface area (Å²) in [5, 5.41) is 18.5. The van der Waals surface area contributed by atoms with Crippen molar-refractivity contribution in [3.8, 4) is 10.6 Å². The van der Waals surface area contributed by atoms with Gasteiger partial charge in [-0.05, 0) is 57.7 Å². The first kappa shape index (κ1) is 19.8. The molecule has 9 nitrogen and oxygen atoms in total. The maximum Gasteiger partial charge on any atom is 0.266 e. The fourth-order valence-corrected chi connectivity index (χ4v) is 5.00. The predicted octanol–water partition coefficient (Wildman–Crippen LogP) is 2.65. The van der Waals surface area contributed by atoms with Crippen LogP contribution in [0.4, 0.5) is 5.82 Å². The predicted molar refractivity (Wildman–Crippen MR) is 120 cm³/mol. The van der Waals surface area contributed by atoms with Crippen LogP contribution >= 0.6 is 11.3 Å². The van der Waals surface area contributed by atoms with Crippen molar-refractivity contribution in [1.29, 1.82) is 0 Å². The fourth-order valence-electron chi connectivity index (χ4n) is 4.11. The summed E-state index contributed by atoms with van der Waals surface area (Å²) in [7, 11) is 0. The van der Waals surface area contributed by atoms with Gasteiger partial charge in [-0.2, -0.15) is 9.61 Å². The molecule has 160 valence electrons. The second kappa shape index (κ2) is 7.84. The molecule has 4 aromatic heterocycles. The first-order valence-electron chi connectivity index (χ1n) is 10.4. The molecule has 0 amide bonds. The fraction of sp³-hybridized carbons (Fsp3) is 0.429. The van der Waals surface area contributed by atoms with Crippen molar-refractivity contribution in [3.05, 3.63) is 51.1 Å². The van der Waals surface area contributed by atoms with Crippen molar-refractivity contribution >= 4 is 22.8 Å². The molecule has 1 aliphatic heterocycles. The van der Waals surface area contributed by atoms with E-state index in [0.717, 1.165) is 64.5 Å². The number of aryl methyl sites for hydroxylation is 3. The van der Waals surface area contributed by atoms with Crippen LogP contribution in [0.25, 0.3) is 16.2 Å². The van der Waals surface area contributed by atoms with Crippen molar-refractivity contribution in [1.82, 2.24) is 34.6 Å². The van der Waals surface area contributed by atoms with E-state index in [1.165, 1.54) is 0 Å². The van der Waals surface area contributed by atoms with Gasteiger partial charge >= 0.3 is 0 Å². The Kier molecular flexibility index (Phi) is 5.01. The number of rotatable bonds is 4. The van der Waals surface area contributed by atoms with E-state index in [0.29, 0.717) is 12.5 Å². The first-order valence-corrected chi connectivity index (χ1v) is 11.3. The molecule has 4 aromatic rings. The van der Waals surface area contributed by atoms with E-state index in [1.54, 1.807) is 32.7 Å². The van der Waals surface area contributed by atoms with Crippen molar-refractivity contribution in [2.45, 2.75) is 40.2 Å². The van der Waals surface area contributed by atoms with Gasteiger partial charge in [-0.15, -0.1) is 26.6 Å². The zero-order chi connectivity index (χ0) is 21.5. The molecule has 5 rings (SSSR count). The molecule has 0 bridgehead atoms. The van der Waals surface area contributed by atoms with E-state index >= 15 is 0 Å². The SMILES string of the molecule is Cc1nc(C)c(-c2ccc(=O)n(CC3CCN(c4ccc5nnc(C)n5n4)CC3)n2)s1. The molecule has 1 saturated heterocycles. The molecule has 0 spiro atoms. The van der Waals surface area contributed by atoms with Gasteiger partial charge < -0.3 is 4.90 Å². The lowest BCUT2D eigenvalue weighted by Crippen LogP contribution is -2.37. The summed E-state index contributed by atoms with van der Waals surface area (Å²) in [5.41, 5.74) is 2.48. The Bertz CT molecular complexity index is 1300. The summed E-state index contributed by atoms with van der Waals surface area (Å²) < 4.78 is 3.40. The highest BCUT2D eigenvalue weighted by Crippen LogP contribution is 2.28. The Morgan fingerprint density at radius 2 is 1.84 bits per heavy atom. The van der Waals surface area contributed by atoms with E-state index in [2.05, 4.69) is 30.3 Å². The van der Waals surface area contributed by atoms with Crippen LogP contribution in [0.2, 0.25) is 0 Å². The highest BCUT2D eigenvalue weighted by Gasteiger charge is 2.22. The van der Waals surface area contributed by atoms with E-state index in [4.69, 9.17) is 0 Å². The van der Waals surface area contributed by atoms with Crippen LogP contribution in [-0.2, 0) is 6.54 Å². The topological polar surface area (TPSA) is 94.1 Å². The van der Waals surface area contributed by atoms with Crippen LogP contribution in [0.15, 0.2) is 29.1 Å². The molecule has 1 aliphatic rings.